The third-order valence-electron chi connectivity index (χ3n) is 3.99. The maximum Gasteiger partial charge on any atom is 0.344 e. The normalized spacial score (nSPS) is 11.5. The van der Waals surface area contributed by atoms with Crippen molar-refractivity contribution >= 4 is 16.7 Å². The van der Waals surface area contributed by atoms with Crippen molar-refractivity contribution in [1.29, 1.82) is 0 Å². The number of benzene rings is 2. The Hall–Kier alpha value is -2.82. The topological polar surface area (TPSA) is 61.6 Å². The number of nitrogens with zero attached hydrogens (tertiary/aromatic N) is 1. The fraction of sp³-hybridized carbons (Fsp3) is 0.333. The van der Waals surface area contributed by atoms with Gasteiger partial charge in [-0.15, -0.1) is 0 Å². The van der Waals surface area contributed by atoms with Crippen molar-refractivity contribution in [1.82, 2.24) is 4.98 Å². The molecule has 26 heavy (non-hydrogen) atoms. The molecule has 0 saturated carbocycles. The van der Waals surface area contributed by atoms with Gasteiger partial charge in [0.05, 0.1) is 12.3 Å². The van der Waals surface area contributed by atoms with Gasteiger partial charge in [-0.05, 0) is 42.0 Å². The summed E-state index contributed by atoms with van der Waals surface area (Å²) in [6, 6.07) is 11.7. The van der Waals surface area contributed by atoms with Crippen molar-refractivity contribution in [3.8, 4) is 17.2 Å². The Labute approximate surface area is 152 Å². The molecular formula is C21H23NO4. The zero-order valence-corrected chi connectivity index (χ0v) is 15.5. The van der Waals surface area contributed by atoms with Crippen LogP contribution < -0.4 is 4.74 Å². The highest BCUT2D eigenvalue weighted by Crippen LogP contribution is 2.29. The molecule has 3 aromatic rings. The van der Waals surface area contributed by atoms with Gasteiger partial charge in [0.2, 0.25) is 5.89 Å². The van der Waals surface area contributed by atoms with Crippen LogP contribution in [-0.2, 0) is 14.9 Å². The number of oxazole rings is 1. The van der Waals surface area contributed by atoms with Crippen LogP contribution in [0.25, 0.3) is 22.2 Å². The van der Waals surface area contributed by atoms with Crippen molar-refractivity contribution in [2.45, 2.75) is 33.1 Å². The summed E-state index contributed by atoms with van der Waals surface area (Å²) >= 11 is 0. The predicted molar refractivity (Wildman–Crippen MR) is 100 cm³/mol. The summed E-state index contributed by atoms with van der Waals surface area (Å²) in [6.07, 6.45) is 1.71. The van der Waals surface area contributed by atoms with E-state index in [9.17, 15) is 4.79 Å². The predicted octanol–water partition coefficient (Wildman–Crippen LogP) is 4.73. The number of fused-ring (bicyclic) bond motifs is 1. The van der Waals surface area contributed by atoms with Gasteiger partial charge in [-0.2, -0.15) is 0 Å². The van der Waals surface area contributed by atoms with Gasteiger partial charge >= 0.3 is 5.97 Å². The van der Waals surface area contributed by atoms with Crippen molar-refractivity contribution in [3.05, 3.63) is 48.4 Å². The van der Waals surface area contributed by atoms with E-state index >= 15 is 0 Å². The van der Waals surface area contributed by atoms with Gasteiger partial charge in [0.25, 0.3) is 0 Å². The molecule has 0 N–H and O–H groups in total. The number of hydrogen-bond donors (Lipinski definition) is 0. The summed E-state index contributed by atoms with van der Waals surface area (Å²) in [5.41, 5.74) is 1.80. The first-order chi connectivity index (χ1) is 12.4. The quantitative estimate of drug-likeness (QED) is 0.620. The van der Waals surface area contributed by atoms with Crippen LogP contribution in [0.5, 0.6) is 5.75 Å². The standard InChI is InChI=1S/C21H23NO4/c1-5-24-19(23)13-25-17-9-8-14-10-16(7-6-15(14)11-17)20-22-18(12-26-20)21(2,3)4/h6-12H,5,13H2,1-4H3. The Morgan fingerprint density at radius 1 is 1.12 bits per heavy atom. The lowest BCUT2D eigenvalue weighted by molar-refractivity contribution is -0.145. The van der Waals surface area contributed by atoms with Crippen LogP contribution >= 0.6 is 0 Å². The molecule has 0 aliphatic carbocycles. The SMILES string of the molecule is CCOC(=O)COc1ccc2cc(-c3nc(C(C)(C)C)co3)ccc2c1. The van der Waals surface area contributed by atoms with Crippen LogP contribution in [0.3, 0.4) is 0 Å². The van der Waals surface area contributed by atoms with Gasteiger partial charge in [-0.1, -0.05) is 32.9 Å². The first-order valence-corrected chi connectivity index (χ1v) is 8.65. The Kier molecular flexibility index (Phi) is 4.98. The number of ether oxygens (including phenoxy) is 2. The average Bonchev–Trinajstić information content (AvgIpc) is 3.10. The number of carbonyl (C=O) groups excluding carboxylic acids is 1. The molecule has 0 amide bonds. The van der Waals surface area contributed by atoms with E-state index in [-0.39, 0.29) is 18.0 Å². The molecule has 0 unspecified atom stereocenters. The van der Waals surface area contributed by atoms with E-state index in [1.54, 1.807) is 13.2 Å². The lowest BCUT2D eigenvalue weighted by Gasteiger charge is -2.13. The second kappa shape index (κ2) is 7.20. The lowest BCUT2D eigenvalue weighted by Crippen LogP contribution is -2.14. The van der Waals surface area contributed by atoms with E-state index in [0.29, 0.717) is 18.2 Å². The summed E-state index contributed by atoms with van der Waals surface area (Å²) < 4.78 is 16.0. The zero-order chi connectivity index (χ0) is 18.7. The van der Waals surface area contributed by atoms with Gasteiger partial charge in [-0.25, -0.2) is 9.78 Å². The van der Waals surface area contributed by atoms with Crippen LogP contribution in [0.2, 0.25) is 0 Å². The third-order valence-corrected chi connectivity index (χ3v) is 3.99. The van der Waals surface area contributed by atoms with E-state index in [1.807, 2.05) is 36.4 Å². The molecule has 136 valence electrons. The molecule has 0 radical (unpaired) electrons. The van der Waals surface area contributed by atoms with Crippen LogP contribution in [0.15, 0.2) is 47.1 Å². The van der Waals surface area contributed by atoms with E-state index in [4.69, 9.17) is 13.9 Å². The summed E-state index contributed by atoms with van der Waals surface area (Å²) in [5.74, 6) is 0.866. The van der Waals surface area contributed by atoms with Crippen molar-refractivity contribution in [2.75, 3.05) is 13.2 Å². The Morgan fingerprint density at radius 3 is 2.54 bits per heavy atom. The Morgan fingerprint density at radius 2 is 1.85 bits per heavy atom. The van der Waals surface area contributed by atoms with E-state index in [0.717, 1.165) is 22.0 Å². The largest absolute Gasteiger partial charge is 0.482 e. The second-order valence-corrected chi connectivity index (χ2v) is 7.11. The maximum absolute atomic E-state index is 11.4. The highest BCUT2D eigenvalue weighted by atomic mass is 16.6. The molecule has 1 heterocycles. The summed E-state index contributed by atoms with van der Waals surface area (Å²) in [7, 11) is 0. The molecule has 2 aromatic carbocycles. The smallest absolute Gasteiger partial charge is 0.344 e. The second-order valence-electron chi connectivity index (χ2n) is 7.11. The molecule has 5 nitrogen and oxygen atoms in total. The van der Waals surface area contributed by atoms with Gasteiger partial charge < -0.3 is 13.9 Å². The molecule has 0 bridgehead atoms. The van der Waals surface area contributed by atoms with Crippen LogP contribution in [0, 0.1) is 0 Å². The van der Waals surface area contributed by atoms with E-state index in [1.165, 1.54) is 0 Å². The number of carbonyl (C=O) groups is 1. The van der Waals surface area contributed by atoms with Gasteiger partial charge in [0, 0.05) is 11.0 Å². The number of rotatable bonds is 5. The number of esters is 1. The average molecular weight is 353 g/mol. The third kappa shape index (κ3) is 4.04. The highest BCUT2D eigenvalue weighted by molar-refractivity contribution is 5.87. The molecular weight excluding hydrogens is 330 g/mol. The van der Waals surface area contributed by atoms with E-state index < -0.39 is 0 Å². The fourth-order valence-electron chi connectivity index (χ4n) is 2.54. The minimum atomic E-state index is -0.374. The first kappa shape index (κ1) is 18.0. The monoisotopic (exact) mass is 353 g/mol. The molecule has 3 rings (SSSR count). The molecule has 1 aromatic heterocycles. The molecule has 0 aliphatic rings. The summed E-state index contributed by atoms with van der Waals surface area (Å²) in [6.45, 7) is 8.33. The maximum atomic E-state index is 11.4. The first-order valence-electron chi connectivity index (χ1n) is 8.65. The Bertz CT molecular complexity index is 921. The van der Waals surface area contributed by atoms with Gasteiger partial charge in [0.1, 0.15) is 12.0 Å². The molecule has 5 heteroatoms. The van der Waals surface area contributed by atoms with Crippen LogP contribution in [-0.4, -0.2) is 24.2 Å². The lowest BCUT2D eigenvalue weighted by atomic mass is 9.93. The van der Waals surface area contributed by atoms with Gasteiger partial charge in [-0.3, -0.25) is 0 Å². The zero-order valence-electron chi connectivity index (χ0n) is 15.5. The van der Waals surface area contributed by atoms with Crippen molar-refractivity contribution in [3.63, 3.8) is 0 Å². The summed E-state index contributed by atoms with van der Waals surface area (Å²) in [5, 5.41) is 2.05. The molecule has 0 atom stereocenters. The molecule has 0 saturated heterocycles. The van der Waals surface area contributed by atoms with Crippen LogP contribution in [0.1, 0.15) is 33.4 Å². The van der Waals surface area contributed by atoms with Crippen molar-refractivity contribution in [2.24, 2.45) is 0 Å². The fourth-order valence-corrected chi connectivity index (χ4v) is 2.54. The highest BCUT2D eigenvalue weighted by Gasteiger charge is 2.19. The molecule has 0 fully saturated rings. The van der Waals surface area contributed by atoms with E-state index in [2.05, 4.69) is 25.8 Å². The molecule has 0 aliphatic heterocycles. The minimum Gasteiger partial charge on any atom is -0.482 e. The molecule has 0 spiro atoms. The number of hydrogen-bond acceptors (Lipinski definition) is 5. The Balaban J connectivity index is 1.80. The minimum absolute atomic E-state index is 0.0518. The van der Waals surface area contributed by atoms with Crippen LogP contribution in [0.4, 0.5) is 0 Å². The van der Waals surface area contributed by atoms with Gasteiger partial charge in [0.15, 0.2) is 6.61 Å². The summed E-state index contributed by atoms with van der Waals surface area (Å²) in [4.78, 5) is 16.0. The van der Waals surface area contributed by atoms with Crippen molar-refractivity contribution < 1.29 is 18.7 Å². The number of aromatic nitrogens is 1.